The zero-order valence-corrected chi connectivity index (χ0v) is 11.8. The first-order chi connectivity index (χ1) is 9.22. The predicted molar refractivity (Wildman–Crippen MR) is 78.3 cm³/mol. The number of thioether (sulfide) groups is 1. The second-order valence-corrected chi connectivity index (χ2v) is 4.96. The van der Waals surface area contributed by atoms with Gasteiger partial charge in [-0.2, -0.15) is 0 Å². The summed E-state index contributed by atoms with van der Waals surface area (Å²) < 4.78 is 0. The van der Waals surface area contributed by atoms with E-state index < -0.39 is 0 Å². The molecule has 0 aliphatic carbocycles. The maximum absolute atomic E-state index is 12.2. The van der Waals surface area contributed by atoms with Gasteiger partial charge in [-0.1, -0.05) is 30.3 Å². The van der Waals surface area contributed by atoms with E-state index in [4.69, 9.17) is 0 Å². The predicted octanol–water partition coefficient (Wildman–Crippen LogP) is 3.29. The number of nitrogens with zero attached hydrogens (tertiary/aromatic N) is 1. The van der Waals surface area contributed by atoms with Crippen molar-refractivity contribution in [3.05, 3.63) is 59.8 Å². The molecule has 98 valence electrons. The molecule has 1 heterocycles. The van der Waals surface area contributed by atoms with Gasteiger partial charge in [-0.05, 0) is 30.9 Å². The van der Waals surface area contributed by atoms with Crippen molar-refractivity contribution in [3.63, 3.8) is 0 Å². The van der Waals surface area contributed by atoms with Crippen LogP contribution in [0, 0.1) is 0 Å². The van der Waals surface area contributed by atoms with Gasteiger partial charge in [-0.25, -0.2) is 4.98 Å². The average molecular weight is 272 g/mol. The molecule has 0 aliphatic rings. The van der Waals surface area contributed by atoms with E-state index in [9.17, 15) is 4.79 Å². The topological polar surface area (TPSA) is 42.0 Å². The third-order valence-electron chi connectivity index (χ3n) is 2.86. The molecule has 0 bridgehead atoms. The van der Waals surface area contributed by atoms with Crippen molar-refractivity contribution in [1.82, 2.24) is 10.3 Å². The Morgan fingerprint density at radius 2 is 1.95 bits per heavy atom. The largest absolute Gasteiger partial charge is 0.345 e. The summed E-state index contributed by atoms with van der Waals surface area (Å²) in [4.78, 5) is 16.4. The van der Waals surface area contributed by atoms with E-state index in [2.05, 4.69) is 10.3 Å². The van der Waals surface area contributed by atoms with Gasteiger partial charge in [0.1, 0.15) is 5.03 Å². The van der Waals surface area contributed by atoms with Gasteiger partial charge < -0.3 is 5.32 Å². The zero-order chi connectivity index (χ0) is 13.7. The highest BCUT2D eigenvalue weighted by Gasteiger charge is 2.14. The van der Waals surface area contributed by atoms with Gasteiger partial charge in [0.15, 0.2) is 0 Å². The Morgan fingerprint density at radius 1 is 1.21 bits per heavy atom. The summed E-state index contributed by atoms with van der Waals surface area (Å²) in [5.74, 6) is -0.0891. The maximum Gasteiger partial charge on any atom is 0.254 e. The van der Waals surface area contributed by atoms with Crippen LogP contribution in [0.5, 0.6) is 0 Å². The number of nitrogens with one attached hydrogen (secondary N) is 1. The smallest absolute Gasteiger partial charge is 0.254 e. The second kappa shape index (κ2) is 6.38. The van der Waals surface area contributed by atoms with Crippen LogP contribution >= 0.6 is 11.8 Å². The molecule has 19 heavy (non-hydrogen) atoms. The Labute approximate surface area is 117 Å². The minimum absolute atomic E-state index is 0.0244. The number of benzene rings is 1. The van der Waals surface area contributed by atoms with E-state index in [0.717, 1.165) is 10.6 Å². The molecule has 1 aromatic carbocycles. The number of rotatable bonds is 4. The fraction of sp³-hybridized carbons (Fsp3) is 0.200. The Kier molecular flexibility index (Phi) is 4.58. The van der Waals surface area contributed by atoms with E-state index in [1.54, 1.807) is 18.3 Å². The van der Waals surface area contributed by atoms with E-state index in [0.29, 0.717) is 5.56 Å². The monoisotopic (exact) mass is 272 g/mol. The lowest BCUT2D eigenvalue weighted by atomic mass is 10.1. The number of pyridine rings is 1. The SMILES string of the molecule is CSc1ncccc1C(=O)NC(C)c1ccccc1. The van der Waals surface area contributed by atoms with Gasteiger partial charge >= 0.3 is 0 Å². The highest BCUT2D eigenvalue weighted by molar-refractivity contribution is 7.98. The van der Waals surface area contributed by atoms with Crippen LogP contribution in [0.3, 0.4) is 0 Å². The summed E-state index contributed by atoms with van der Waals surface area (Å²) in [7, 11) is 0. The van der Waals surface area contributed by atoms with Gasteiger partial charge in [-0.3, -0.25) is 4.79 Å². The minimum atomic E-state index is -0.0891. The lowest BCUT2D eigenvalue weighted by Crippen LogP contribution is -2.27. The first-order valence-corrected chi connectivity index (χ1v) is 7.29. The zero-order valence-electron chi connectivity index (χ0n) is 11.0. The van der Waals surface area contributed by atoms with Crippen LogP contribution in [-0.2, 0) is 0 Å². The summed E-state index contributed by atoms with van der Waals surface area (Å²) in [5.41, 5.74) is 1.71. The van der Waals surface area contributed by atoms with E-state index >= 15 is 0 Å². The van der Waals surface area contributed by atoms with Crippen molar-refractivity contribution in [2.24, 2.45) is 0 Å². The van der Waals surface area contributed by atoms with Crippen LogP contribution in [0.1, 0.15) is 28.9 Å². The van der Waals surface area contributed by atoms with E-state index in [1.807, 2.05) is 43.5 Å². The Morgan fingerprint density at radius 3 is 2.63 bits per heavy atom. The Bertz CT molecular complexity index is 557. The van der Waals surface area contributed by atoms with Gasteiger partial charge in [-0.15, -0.1) is 11.8 Å². The molecular weight excluding hydrogens is 256 g/mol. The van der Waals surface area contributed by atoms with Crippen molar-refractivity contribution in [3.8, 4) is 0 Å². The normalized spacial score (nSPS) is 11.9. The van der Waals surface area contributed by atoms with E-state index in [1.165, 1.54) is 11.8 Å². The van der Waals surface area contributed by atoms with E-state index in [-0.39, 0.29) is 11.9 Å². The van der Waals surface area contributed by atoms with Crippen LogP contribution in [0.25, 0.3) is 0 Å². The van der Waals surface area contributed by atoms with Crippen LogP contribution in [0.4, 0.5) is 0 Å². The Balaban J connectivity index is 2.13. The molecule has 2 aromatic rings. The van der Waals surface area contributed by atoms with Crippen LogP contribution < -0.4 is 5.32 Å². The summed E-state index contributed by atoms with van der Waals surface area (Å²) in [5, 5.41) is 3.75. The molecule has 0 saturated carbocycles. The Hall–Kier alpha value is -1.81. The second-order valence-electron chi connectivity index (χ2n) is 4.17. The fourth-order valence-corrected chi connectivity index (χ4v) is 2.37. The lowest BCUT2D eigenvalue weighted by molar-refractivity contribution is 0.0936. The van der Waals surface area contributed by atoms with Gasteiger partial charge in [0.25, 0.3) is 5.91 Å². The summed E-state index contributed by atoms with van der Waals surface area (Å²) in [6.07, 6.45) is 3.61. The molecule has 1 aromatic heterocycles. The van der Waals surface area contributed by atoms with Crippen molar-refractivity contribution >= 4 is 17.7 Å². The first-order valence-electron chi connectivity index (χ1n) is 6.07. The van der Waals surface area contributed by atoms with Crippen molar-refractivity contribution < 1.29 is 4.79 Å². The third-order valence-corrected chi connectivity index (χ3v) is 3.57. The number of carbonyl (C=O) groups is 1. The number of hydrogen-bond acceptors (Lipinski definition) is 3. The fourth-order valence-electron chi connectivity index (χ4n) is 1.83. The summed E-state index contributed by atoms with van der Waals surface area (Å²) in [6.45, 7) is 1.97. The van der Waals surface area contributed by atoms with Crippen molar-refractivity contribution in [2.75, 3.05) is 6.26 Å². The molecule has 0 radical (unpaired) electrons. The number of hydrogen-bond donors (Lipinski definition) is 1. The quantitative estimate of drug-likeness (QED) is 0.868. The minimum Gasteiger partial charge on any atom is -0.345 e. The average Bonchev–Trinajstić information content (AvgIpc) is 2.48. The molecule has 0 fully saturated rings. The summed E-state index contributed by atoms with van der Waals surface area (Å²) >= 11 is 1.47. The summed E-state index contributed by atoms with van der Waals surface area (Å²) in [6, 6.07) is 13.5. The number of amides is 1. The number of carbonyl (C=O) groups excluding carboxylic acids is 1. The molecule has 0 spiro atoms. The molecule has 1 amide bonds. The van der Waals surface area contributed by atoms with Gasteiger partial charge in [0.2, 0.25) is 0 Å². The standard InChI is InChI=1S/C15H16N2OS/c1-11(12-7-4-3-5-8-12)17-14(18)13-9-6-10-16-15(13)19-2/h3-11H,1-2H3,(H,17,18). The number of aromatic nitrogens is 1. The molecule has 1 atom stereocenters. The molecular formula is C15H16N2OS. The van der Waals surface area contributed by atoms with Gasteiger partial charge in [0.05, 0.1) is 11.6 Å². The van der Waals surface area contributed by atoms with Crippen LogP contribution in [-0.4, -0.2) is 17.1 Å². The highest BCUT2D eigenvalue weighted by Crippen LogP contribution is 2.18. The molecule has 0 aliphatic heterocycles. The molecule has 2 rings (SSSR count). The van der Waals surface area contributed by atoms with Crippen LogP contribution in [0.15, 0.2) is 53.7 Å². The lowest BCUT2D eigenvalue weighted by Gasteiger charge is -2.15. The molecule has 1 N–H and O–H groups in total. The molecule has 1 unspecified atom stereocenters. The first kappa shape index (κ1) is 13.6. The highest BCUT2D eigenvalue weighted by atomic mass is 32.2. The third kappa shape index (κ3) is 3.35. The van der Waals surface area contributed by atoms with Gasteiger partial charge in [0, 0.05) is 6.20 Å². The van der Waals surface area contributed by atoms with Crippen molar-refractivity contribution in [2.45, 2.75) is 18.0 Å². The molecule has 3 nitrogen and oxygen atoms in total. The van der Waals surface area contributed by atoms with Crippen molar-refractivity contribution in [1.29, 1.82) is 0 Å². The maximum atomic E-state index is 12.2. The molecule has 0 saturated heterocycles. The molecule has 4 heteroatoms. The van der Waals surface area contributed by atoms with Crippen LogP contribution in [0.2, 0.25) is 0 Å².